The molecule has 0 fully saturated rings. The molecule has 0 spiro atoms. The zero-order valence-electron chi connectivity index (χ0n) is 11.1. The Morgan fingerprint density at radius 1 is 1.05 bits per heavy atom. The number of para-hydroxylation sites is 1. The zero-order valence-corrected chi connectivity index (χ0v) is 11.1. The van der Waals surface area contributed by atoms with Gasteiger partial charge in [-0.15, -0.1) is 0 Å². The second kappa shape index (κ2) is 7.62. The molecule has 0 aromatic heterocycles. The standard InChI is InChI=1S/C16H18FNO2/c17-14-8-4-5-9-16(14)20-11-10-18-12-15(19)13-6-2-1-3-7-13/h1-9,15,18-19H,10-12H2/t15-/m1/s1. The molecule has 1 atom stereocenters. The highest BCUT2D eigenvalue weighted by atomic mass is 19.1. The van der Waals surface area contributed by atoms with Crippen LogP contribution < -0.4 is 10.1 Å². The molecule has 2 N–H and O–H groups in total. The third-order valence-electron chi connectivity index (χ3n) is 2.90. The second-order valence-electron chi connectivity index (χ2n) is 4.41. The molecule has 2 rings (SSSR count). The number of halogens is 1. The van der Waals surface area contributed by atoms with Gasteiger partial charge in [0.25, 0.3) is 0 Å². The largest absolute Gasteiger partial charge is 0.489 e. The number of benzene rings is 2. The van der Waals surface area contributed by atoms with Gasteiger partial charge in [-0.05, 0) is 17.7 Å². The van der Waals surface area contributed by atoms with Crippen molar-refractivity contribution in [1.82, 2.24) is 5.32 Å². The predicted molar refractivity (Wildman–Crippen MR) is 76.2 cm³/mol. The third-order valence-corrected chi connectivity index (χ3v) is 2.90. The maximum Gasteiger partial charge on any atom is 0.165 e. The van der Waals surface area contributed by atoms with Crippen LogP contribution in [0.4, 0.5) is 4.39 Å². The highest BCUT2D eigenvalue weighted by Gasteiger charge is 2.06. The van der Waals surface area contributed by atoms with E-state index < -0.39 is 6.10 Å². The Kier molecular flexibility index (Phi) is 5.53. The van der Waals surface area contributed by atoms with Crippen molar-refractivity contribution < 1.29 is 14.2 Å². The summed E-state index contributed by atoms with van der Waals surface area (Å²) < 4.78 is 18.6. The molecule has 106 valence electrons. The van der Waals surface area contributed by atoms with Gasteiger partial charge in [0.2, 0.25) is 0 Å². The lowest BCUT2D eigenvalue weighted by atomic mass is 10.1. The van der Waals surface area contributed by atoms with Gasteiger partial charge in [-0.25, -0.2) is 4.39 Å². The summed E-state index contributed by atoms with van der Waals surface area (Å²) in [6, 6.07) is 15.7. The van der Waals surface area contributed by atoms with Crippen LogP contribution in [0.2, 0.25) is 0 Å². The summed E-state index contributed by atoms with van der Waals surface area (Å²) in [5.74, 6) is -0.116. The van der Waals surface area contributed by atoms with E-state index in [1.54, 1.807) is 18.2 Å². The molecule has 0 bridgehead atoms. The number of ether oxygens (including phenoxy) is 1. The van der Waals surface area contributed by atoms with E-state index >= 15 is 0 Å². The highest BCUT2D eigenvalue weighted by Crippen LogP contribution is 2.15. The molecule has 0 saturated heterocycles. The van der Waals surface area contributed by atoms with Crippen molar-refractivity contribution in [3.63, 3.8) is 0 Å². The van der Waals surface area contributed by atoms with Crippen LogP contribution in [-0.2, 0) is 0 Å². The van der Waals surface area contributed by atoms with E-state index in [4.69, 9.17) is 4.74 Å². The maximum atomic E-state index is 13.3. The Hall–Kier alpha value is -1.91. The molecule has 0 unspecified atom stereocenters. The molecule has 0 heterocycles. The van der Waals surface area contributed by atoms with Gasteiger partial charge in [0.1, 0.15) is 6.61 Å². The zero-order chi connectivity index (χ0) is 14.2. The fraction of sp³-hybridized carbons (Fsp3) is 0.250. The molecular weight excluding hydrogens is 257 g/mol. The van der Waals surface area contributed by atoms with E-state index in [0.29, 0.717) is 19.7 Å². The number of aliphatic hydroxyl groups excluding tert-OH is 1. The van der Waals surface area contributed by atoms with E-state index in [1.165, 1.54) is 6.07 Å². The third kappa shape index (κ3) is 4.33. The van der Waals surface area contributed by atoms with Crippen LogP contribution in [-0.4, -0.2) is 24.8 Å². The van der Waals surface area contributed by atoms with Gasteiger partial charge in [0.05, 0.1) is 6.10 Å². The molecule has 20 heavy (non-hydrogen) atoms. The molecule has 2 aromatic rings. The van der Waals surface area contributed by atoms with Gasteiger partial charge < -0.3 is 15.2 Å². The van der Waals surface area contributed by atoms with Crippen LogP contribution in [0.3, 0.4) is 0 Å². The minimum atomic E-state index is -0.551. The smallest absolute Gasteiger partial charge is 0.165 e. The van der Waals surface area contributed by atoms with Crippen molar-refractivity contribution in [2.45, 2.75) is 6.10 Å². The second-order valence-corrected chi connectivity index (χ2v) is 4.41. The van der Waals surface area contributed by atoms with Gasteiger partial charge >= 0.3 is 0 Å². The predicted octanol–water partition coefficient (Wildman–Crippen LogP) is 2.53. The first-order valence-corrected chi connectivity index (χ1v) is 6.58. The topological polar surface area (TPSA) is 41.5 Å². The van der Waals surface area contributed by atoms with Crippen LogP contribution in [0.25, 0.3) is 0 Å². The van der Waals surface area contributed by atoms with E-state index in [9.17, 15) is 9.50 Å². The van der Waals surface area contributed by atoms with Gasteiger partial charge in [-0.3, -0.25) is 0 Å². The van der Waals surface area contributed by atoms with Crippen LogP contribution >= 0.6 is 0 Å². The fourth-order valence-electron chi connectivity index (χ4n) is 1.83. The van der Waals surface area contributed by atoms with Crippen molar-refractivity contribution in [3.8, 4) is 5.75 Å². The lowest BCUT2D eigenvalue weighted by Gasteiger charge is -2.12. The highest BCUT2D eigenvalue weighted by molar-refractivity contribution is 5.23. The minimum absolute atomic E-state index is 0.248. The van der Waals surface area contributed by atoms with Gasteiger partial charge in [-0.2, -0.15) is 0 Å². The molecule has 3 nitrogen and oxygen atoms in total. The lowest BCUT2D eigenvalue weighted by Crippen LogP contribution is -2.26. The summed E-state index contributed by atoms with van der Waals surface area (Å²) in [6.07, 6.45) is -0.551. The van der Waals surface area contributed by atoms with E-state index in [1.807, 2.05) is 30.3 Å². The molecule has 0 aliphatic rings. The first-order chi connectivity index (χ1) is 9.77. The Labute approximate surface area is 118 Å². The van der Waals surface area contributed by atoms with Gasteiger partial charge in [0.15, 0.2) is 11.6 Å². The summed E-state index contributed by atoms with van der Waals surface area (Å²) in [4.78, 5) is 0. The quantitative estimate of drug-likeness (QED) is 0.763. The Balaban J connectivity index is 1.66. The Bertz CT molecular complexity index is 519. The van der Waals surface area contributed by atoms with Crippen molar-refractivity contribution >= 4 is 0 Å². The first-order valence-electron chi connectivity index (χ1n) is 6.58. The fourth-order valence-corrected chi connectivity index (χ4v) is 1.83. The molecular formula is C16H18FNO2. The maximum absolute atomic E-state index is 13.3. The molecule has 0 aliphatic carbocycles. The Morgan fingerprint density at radius 3 is 2.50 bits per heavy atom. The van der Waals surface area contributed by atoms with E-state index in [-0.39, 0.29) is 11.6 Å². The van der Waals surface area contributed by atoms with Crippen LogP contribution in [0.15, 0.2) is 54.6 Å². The Morgan fingerprint density at radius 2 is 1.75 bits per heavy atom. The van der Waals surface area contributed by atoms with E-state index in [2.05, 4.69) is 5.32 Å². The molecule has 0 amide bonds. The van der Waals surface area contributed by atoms with Crippen molar-refractivity contribution in [2.75, 3.05) is 19.7 Å². The molecule has 0 saturated carbocycles. The van der Waals surface area contributed by atoms with Crippen molar-refractivity contribution in [3.05, 3.63) is 66.0 Å². The normalized spacial score (nSPS) is 12.1. The monoisotopic (exact) mass is 275 g/mol. The molecule has 2 aromatic carbocycles. The van der Waals surface area contributed by atoms with E-state index in [0.717, 1.165) is 5.56 Å². The first kappa shape index (κ1) is 14.5. The number of rotatable bonds is 7. The summed E-state index contributed by atoms with van der Waals surface area (Å²) in [6.45, 7) is 1.32. The van der Waals surface area contributed by atoms with Gasteiger partial charge in [-0.1, -0.05) is 42.5 Å². The summed E-state index contributed by atoms with van der Waals surface area (Å²) in [7, 11) is 0. The molecule has 0 aliphatic heterocycles. The minimum Gasteiger partial charge on any atom is -0.489 e. The average Bonchev–Trinajstić information content (AvgIpc) is 2.49. The lowest BCUT2D eigenvalue weighted by molar-refractivity contribution is 0.171. The van der Waals surface area contributed by atoms with Crippen LogP contribution in [0.1, 0.15) is 11.7 Å². The molecule has 4 heteroatoms. The van der Waals surface area contributed by atoms with Crippen LogP contribution in [0.5, 0.6) is 5.75 Å². The van der Waals surface area contributed by atoms with Crippen molar-refractivity contribution in [2.24, 2.45) is 0 Å². The summed E-state index contributed by atoms with van der Waals surface area (Å²) in [5.41, 5.74) is 0.870. The number of aliphatic hydroxyl groups is 1. The summed E-state index contributed by atoms with van der Waals surface area (Å²) >= 11 is 0. The number of hydrogen-bond donors (Lipinski definition) is 2. The number of hydrogen-bond acceptors (Lipinski definition) is 3. The van der Waals surface area contributed by atoms with Crippen LogP contribution in [0, 0.1) is 5.82 Å². The average molecular weight is 275 g/mol. The SMILES string of the molecule is O[C@H](CNCCOc1ccccc1F)c1ccccc1. The van der Waals surface area contributed by atoms with Crippen molar-refractivity contribution in [1.29, 1.82) is 0 Å². The summed E-state index contributed by atoms with van der Waals surface area (Å²) in [5, 5.41) is 13.0. The molecule has 0 radical (unpaired) electrons. The number of nitrogens with one attached hydrogen (secondary N) is 1. The van der Waals surface area contributed by atoms with Gasteiger partial charge in [0, 0.05) is 13.1 Å².